The van der Waals surface area contributed by atoms with Crippen LogP contribution in [0.15, 0.2) is 0 Å². The molecule has 4 nitrogen and oxygen atoms in total. The summed E-state index contributed by atoms with van der Waals surface area (Å²) in [6.45, 7) is 9.29. The van der Waals surface area contributed by atoms with E-state index in [0.717, 1.165) is 25.3 Å². The molecule has 0 aliphatic carbocycles. The first-order valence-electron chi connectivity index (χ1n) is 7.82. The maximum absolute atomic E-state index is 4.48. The van der Waals surface area contributed by atoms with Gasteiger partial charge in [0, 0.05) is 31.5 Å². The number of likely N-dealkylation sites (tertiary alicyclic amines) is 1. The zero-order valence-electron chi connectivity index (χ0n) is 12.5. The summed E-state index contributed by atoms with van der Waals surface area (Å²) in [5.74, 6) is 3.20. The van der Waals surface area contributed by atoms with Gasteiger partial charge < -0.3 is 4.57 Å². The van der Waals surface area contributed by atoms with E-state index in [1.165, 1.54) is 37.5 Å². The Morgan fingerprint density at radius 3 is 2.84 bits per heavy atom. The molecule has 2 atom stereocenters. The Hall–Kier alpha value is -0.900. The lowest BCUT2D eigenvalue weighted by molar-refractivity contribution is 0.199. The highest BCUT2D eigenvalue weighted by Crippen LogP contribution is 2.25. The van der Waals surface area contributed by atoms with Crippen molar-refractivity contribution in [3.63, 3.8) is 0 Å². The standard InChI is InChI=1S/C15H26N4/c1-11(2)18-7-4-5-13(18)10-15-17-16-14-9-12(3)6-8-19(14)15/h11-13H,4-10H2,1-3H3. The molecule has 0 bridgehead atoms. The van der Waals surface area contributed by atoms with Crippen molar-refractivity contribution in [3.8, 4) is 0 Å². The van der Waals surface area contributed by atoms with Crippen LogP contribution in [0.2, 0.25) is 0 Å². The molecule has 0 aromatic carbocycles. The van der Waals surface area contributed by atoms with Gasteiger partial charge in [0.1, 0.15) is 11.6 Å². The van der Waals surface area contributed by atoms with Gasteiger partial charge in [-0.15, -0.1) is 10.2 Å². The van der Waals surface area contributed by atoms with Crippen LogP contribution in [0.4, 0.5) is 0 Å². The van der Waals surface area contributed by atoms with Gasteiger partial charge in [-0.2, -0.15) is 0 Å². The smallest absolute Gasteiger partial charge is 0.134 e. The molecule has 1 saturated heterocycles. The van der Waals surface area contributed by atoms with E-state index in [4.69, 9.17) is 0 Å². The van der Waals surface area contributed by atoms with Crippen molar-refractivity contribution < 1.29 is 0 Å². The molecule has 19 heavy (non-hydrogen) atoms. The van der Waals surface area contributed by atoms with Crippen LogP contribution in [0.1, 0.15) is 51.7 Å². The molecule has 4 heteroatoms. The minimum Gasteiger partial charge on any atom is -0.315 e. The zero-order valence-corrected chi connectivity index (χ0v) is 12.5. The molecule has 0 spiro atoms. The fraction of sp³-hybridized carbons (Fsp3) is 0.867. The van der Waals surface area contributed by atoms with Gasteiger partial charge in [0.15, 0.2) is 0 Å². The Bertz CT molecular complexity index is 437. The number of fused-ring (bicyclic) bond motifs is 1. The van der Waals surface area contributed by atoms with Gasteiger partial charge in [0.05, 0.1) is 0 Å². The van der Waals surface area contributed by atoms with E-state index in [1.807, 2.05) is 0 Å². The molecule has 1 aromatic rings. The first kappa shape index (κ1) is 13.1. The SMILES string of the molecule is CC1CCn2c(nnc2CC2CCCN2C(C)C)C1. The van der Waals surface area contributed by atoms with Crippen molar-refractivity contribution in [2.24, 2.45) is 5.92 Å². The largest absolute Gasteiger partial charge is 0.315 e. The summed E-state index contributed by atoms with van der Waals surface area (Å²) in [5.41, 5.74) is 0. The second-order valence-corrected chi connectivity index (χ2v) is 6.61. The summed E-state index contributed by atoms with van der Waals surface area (Å²) in [7, 11) is 0. The number of hydrogen-bond acceptors (Lipinski definition) is 3. The Morgan fingerprint density at radius 2 is 2.05 bits per heavy atom. The molecule has 1 fully saturated rings. The maximum Gasteiger partial charge on any atom is 0.134 e. The van der Waals surface area contributed by atoms with E-state index in [-0.39, 0.29) is 0 Å². The second kappa shape index (κ2) is 5.23. The van der Waals surface area contributed by atoms with E-state index in [1.54, 1.807) is 0 Å². The first-order chi connectivity index (χ1) is 9.15. The lowest BCUT2D eigenvalue weighted by atomic mass is 10.00. The molecule has 2 unspecified atom stereocenters. The number of aromatic nitrogens is 3. The highest BCUT2D eigenvalue weighted by atomic mass is 15.3. The topological polar surface area (TPSA) is 34.0 Å². The summed E-state index contributed by atoms with van der Waals surface area (Å²) < 4.78 is 2.39. The lowest BCUT2D eigenvalue weighted by Gasteiger charge is -2.28. The van der Waals surface area contributed by atoms with E-state index < -0.39 is 0 Å². The van der Waals surface area contributed by atoms with Crippen LogP contribution in [0, 0.1) is 5.92 Å². The highest BCUT2D eigenvalue weighted by molar-refractivity contribution is 5.03. The molecule has 2 aliphatic rings. The van der Waals surface area contributed by atoms with Gasteiger partial charge in [-0.05, 0) is 45.6 Å². The molecule has 2 aliphatic heterocycles. The number of hydrogen-bond donors (Lipinski definition) is 0. The summed E-state index contributed by atoms with van der Waals surface area (Å²) in [5, 5.41) is 8.89. The number of nitrogens with zero attached hydrogens (tertiary/aromatic N) is 4. The van der Waals surface area contributed by atoms with Crippen LogP contribution in [-0.2, 0) is 19.4 Å². The maximum atomic E-state index is 4.48. The molecular weight excluding hydrogens is 236 g/mol. The molecule has 3 heterocycles. The third-order valence-corrected chi connectivity index (χ3v) is 4.78. The summed E-state index contributed by atoms with van der Waals surface area (Å²) in [6.07, 6.45) is 6.11. The highest BCUT2D eigenvalue weighted by Gasteiger charge is 2.29. The third-order valence-electron chi connectivity index (χ3n) is 4.78. The van der Waals surface area contributed by atoms with Gasteiger partial charge in [-0.1, -0.05) is 6.92 Å². The van der Waals surface area contributed by atoms with E-state index >= 15 is 0 Å². The van der Waals surface area contributed by atoms with Gasteiger partial charge in [-0.3, -0.25) is 4.90 Å². The van der Waals surface area contributed by atoms with Gasteiger partial charge >= 0.3 is 0 Å². The van der Waals surface area contributed by atoms with Crippen LogP contribution in [0.3, 0.4) is 0 Å². The zero-order chi connectivity index (χ0) is 13.4. The van der Waals surface area contributed by atoms with Crippen molar-refractivity contribution >= 4 is 0 Å². The molecule has 3 rings (SSSR count). The molecular formula is C15H26N4. The molecule has 0 saturated carbocycles. The fourth-order valence-corrected chi connectivity index (χ4v) is 3.66. The van der Waals surface area contributed by atoms with Crippen molar-refractivity contribution in [2.45, 2.75) is 71.5 Å². The molecule has 106 valence electrons. The Labute approximate surface area is 116 Å². The monoisotopic (exact) mass is 262 g/mol. The minimum atomic E-state index is 0.649. The second-order valence-electron chi connectivity index (χ2n) is 6.61. The molecule has 0 amide bonds. The summed E-state index contributed by atoms with van der Waals surface area (Å²) >= 11 is 0. The normalized spacial score (nSPS) is 28.0. The van der Waals surface area contributed by atoms with Gasteiger partial charge in [-0.25, -0.2) is 0 Å². The van der Waals surface area contributed by atoms with Gasteiger partial charge in [0.25, 0.3) is 0 Å². The number of rotatable bonds is 3. The first-order valence-corrected chi connectivity index (χ1v) is 7.82. The van der Waals surface area contributed by atoms with Crippen molar-refractivity contribution in [2.75, 3.05) is 6.54 Å². The minimum absolute atomic E-state index is 0.649. The molecule has 0 N–H and O–H groups in total. The van der Waals surface area contributed by atoms with Crippen LogP contribution >= 0.6 is 0 Å². The molecule has 0 radical (unpaired) electrons. The van der Waals surface area contributed by atoms with Crippen molar-refractivity contribution in [3.05, 3.63) is 11.6 Å². The fourth-order valence-electron chi connectivity index (χ4n) is 3.66. The van der Waals surface area contributed by atoms with Crippen LogP contribution in [0.5, 0.6) is 0 Å². The lowest BCUT2D eigenvalue weighted by Crippen LogP contribution is -2.37. The average molecular weight is 262 g/mol. The van der Waals surface area contributed by atoms with Crippen molar-refractivity contribution in [1.82, 2.24) is 19.7 Å². The Balaban J connectivity index is 1.74. The summed E-state index contributed by atoms with van der Waals surface area (Å²) in [4.78, 5) is 2.63. The van der Waals surface area contributed by atoms with E-state index in [0.29, 0.717) is 12.1 Å². The third kappa shape index (κ3) is 2.55. The van der Waals surface area contributed by atoms with Crippen LogP contribution < -0.4 is 0 Å². The Kier molecular flexibility index (Phi) is 3.61. The van der Waals surface area contributed by atoms with Crippen LogP contribution in [-0.4, -0.2) is 38.3 Å². The van der Waals surface area contributed by atoms with Crippen molar-refractivity contribution in [1.29, 1.82) is 0 Å². The average Bonchev–Trinajstić information content (AvgIpc) is 2.97. The quantitative estimate of drug-likeness (QED) is 0.838. The predicted molar refractivity (Wildman–Crippen MR) is 76.1 cm³/mol. The van der Waals surface area contributed by atoms with E-state index in [2.05, 4.69) is 40.4 Å². The Morgan fingerprint density at radius 1 is 1.21 bits per heavy atom. The molecule has 1 aromatic heterocycles. The van der Waals surface area contributed by atoms with Gasteiger partial charge in [0.2, 0.25) is 0 Å². The van der Waals surface area contributed by atoms with E-state index in [9.17, 15) is 0 Å². The predicted octanol–water partition coefficient (Wildman–Crippen LogP) is 2.28. The van der Waals surface area contributed by atoms with Crippen LogP contribution in [0.25, 0.3) is 0 Å². The summed E-state index contributed by atoms with van der Waals surface area (Å²) in [6, 6.07) is 1.32.